The van der Waals surface area contributed by atoms with Gasteiger partial charge in [-0.25, -0.2) is 0 Å². The molecule has 2 heterocycles. The third-order valence-corrected chi connectivity index (χ3v) is 7.43. The summed E-state index contributed by atoms with van der Waals surface area (Å²) in [5.41, 5.74) is 4.05. The van der Waals surface area contributed by atoms with E-state index in [2.05, 4.69) is 47.0 Å². The molecule has 2 N–H and O–H groups in total. The molecule has 2 fully saturated rings. The predicted molar refractivity (Wildman–Crippen MR) is 127 cm³/mol. The van der Waals surface area contributed by atoms with E-state index in [0.717, 1.165) is 24.1 Å². The third kappa shape index (κ3) is 4.65. The summed E-state index contributed by atoms with van der Waals surface area (Å²) in [5, 5.41) is 6.13. The quantitative estimate of drug-likeness (QED) is 0.658. The molecule has 1 aliphatic carbocycles. The number of aryl methyl sites for hydroxylation is 1. The summed E-state index contributed by atoms with van der Waals surface area (Å²) < 4.78 is 0. The Morgan fingerprint density at radius 3 is 2.61 bits per heavy atom. The number of fused-ring (bicyclic) bond motifs is 1. The summed E-state index contributed by atoms with van der Waals surface area (Å²) in [6, 6.07) is 16.5. The lowest BCUT2D eigenvalue weighted by molar-refractivity contribution is -0.136. The molecule has 3 aliphatic rings. The van der Waals surface area contributed by atoms with Gasteiger partial charge < -0.3 is 10.2 Å². The summed E-state index contributed by atoms with van der Waals surface area (Å²) in [7, 11) is 0. The van der Waals surface area contributed by atoms with Crippen LogP contribution in [-0.4, -0.2) is 34.7 Å². The topological polar surface area (TPSA) is 78.5 Å². The minimum atomic E-state index is -0.570. The minimum Gasteiger partial charge on any atom is -0.382 e. The first-order valence-electron chi connectivity index (χ1n) is 12.2. The van der Waals surface area contributed by atoms with E-state index in [1.54, 1.807) is 4.90 Å². The summed E-state index contributed by atoms with van der Waals surface area (Å²) in [5.74, 6) is -0.117. The second kappa shape index (κ2) is 9.38. The van der Waals surface area contributed by atoms with Crippen LogP contribution in [0.25, 0.3) is 0 Å². The van der Waals surface area contributed by atoms with E-state index in [9.17, 15) is 14.4 Å². The molecule has 172 valence electrons. The van der Waals surface area contributed by atoms with Crippen molar-refractivity contribution in [3.05, 3.63) is 65.2 Å². The first kappa shape index (κ1) is 21.7. The van der Waals surface area contributed by atoms with Gasteiger partial charge in [-0.15, -0.1) is 0 Å². The number of amides is 3. The Morgan fingerprint density at radius 2 is 1.79 bits per heavy atom. The van der Waals surface area contributed by atoms with Crippen LogP contribution >= 0.6 is 0 Å². The molecule has 33 heavy (non-hydrogen) atoms. The molecule has 0 aromatic heterocycles. The van der Waals surface area contributed by atoms with Crippen LogP contribution in [0, 0.1) is 5.92 Å². The first-order valence-corrected chi connectivity index (χ1v) is 12.2. The van der Waals surface area contributed by atoms with Crippen LogP contribution < -0.4 is 10.6 Å². The van der Waals surface area contributed by atoms with Gasteiger partial charge in [0.1, 0.15) is 6.04 Å². The molecule has 1 unspecified atom stereocenters. The Hall–Kier alpha value is -3.15. The number of carbonyl (C=O) groups excluding carboxylic acids is 3. The van der Waals surface area contributed by atoms with E-state index >= 15 is 0 Å². The zero-order chi connectivity index (χ0) is 22.8. The number of nitrogens with zero attached hydrogens (tertiary/aromatic N) is 1. The van der Waals surface area contributed by atoms with Gasteiger partial charge >= 0.3 is 0 Å². The molecule has 2 aromatic carbocycles. The molecule has 6 heteroatoms. The zero-order valence-corrected chi connectivity index (χ0v) is 18.9. The summed E-state index contributed by atoms with van der Waals surface area (Å²) in [6.07, 6.45) is 7.88. The molecule has 0 radical (unpaired) electrons. The number of imide groups is 1. The second-order valence-corrected chi connectivity index (χ2v) is 9.59. The highest BCUT2D eigenvalue weighted by Gasteiger charge is 2.39. The van der Waals surface area contributed by atoms with Gasteiger partial charge in [-0.05, 0) is 67.3 Å². The average Bonchev–Trinajstić information content (AvgIpc) is 3.14. The van der Waals surface area contributed by atoms with Crippen molar-refractivity contribution in [1.29, 1.82) is 0 Å². The summed E-state index contributed by atoms with van der Waals surface area (Å²) in [4.78, 5) is 38.3. The van der Waals surface area contributed by atoms with Gasteiger partial charge in [0, 0.05) is 30.3 Å². The molecule has 0 bridgehead atoms. The fourth-order valence-corrected chi connectivity index (χ4v) is 5.62. The van der Waals surface area contributed by atoms with Crippen LogP contribution in [0.15, 0.2) is 48.5 Å². The summed E-state index contributed by atoms with van der Waals surface area (Å²) in [6.45, 7) is 0.415. The lowest BCUT2D eigenvalue weighted by Crippen LogP contribution is -2.52. The van der Waals surface area contributed by atoms with E-state index in [1.165, 1.54) is 31.2 Å². The third-order valence-electron chi connectivity index (χ3n) is 7.43. The number of piperidine rings is 1. The largest absolute Gasteiger partial charge is 0.382 e. The molecule has 1 saturated carbocycles. The van der Waals surface area contributed by atoms with Gasteiger partial charge in [-0.3, -0.25) is 19.7 Å². The summed E-state index contributed by atoms with van der Waals surface area (Å²) >= 11 is 0. The van der Waals surface area contributed by atoms with Crippen molar-refractivity contribution in [1.82, 2.24) is 10.2 Å². The highest BCUT2D eigenvalue weighted by atomic mass is 16.2. The Bertz CT molecular complexity index is 1050. The van der Waals surface area contributed by atoms with Crippen LogP contribution in [-0.2, 0) is 22.6 Å². The van der Waals surface area contributed by atoms with E-state index in [1.807, 2.05) is 12.1 Å². The molecule has 2 aromatic rings. The molecule has 5 rings (SSSR count). The molecule has 6 nitrogen and oxygen atoms in total. The Labute approximate surface area is 194 Å². The smallest absolute Gasteiger partial charge is 0.255 e. The van der Waals surface area contributed by atoms with Crippen LogP contribution in [0.2, 0.25) is 0 Å². The maximum atomic E-state index is 12.9. The minimum absolute atomic E-state index is 0.121. The fraction of sp³-hybridized carbons (Fsp3) is 0.444. The van der Waals surface area contributed by atoms with E-state index in [0.29, 0.717) is 30.5 Å². The SMILES string of the molecule is O=C1CCC(N2Cc3cc(N[C@@H]4CCCC[C@H]4CCc4ccccc4)ccc3C2=O)C(=O)N1. The molecular formula is C27H31N3O3. The number of hydrogen-bond donors (Lipinski definition) is 2. The van der Waals surface area contributed by atoms with Gasteiger partial charge in [0.25, 0.3) is 5.91 Å². The Balaban J connectivity index is 1.25. The highest BCUT2D eigenvalue weighted by Crippen LogP contribution is 2.33. The second-order valence-electron chi connectivity index (χ2n) is 9.59. The molecule has 3 amide bonds. The van der Waals surface area contributed by atoms with E-state index < -0.39 is 6.04 Å². The van der Waals surface area contributed by atoms with Crippen molar-refractivity contribution in [3.63, 3.8) is 0 Å². The van der Waals surface area contributed by atoms with Crippen molar-refractivity contribution >= 4 is 23.4 Å². The van der Waals surface area contributed by atoms with Gasteiger partial charge in [0.05, 0.1) is 0 Å². The monoisotopic (exact) mass is 445 g/mol. The standard InChI is InChI=1S/C27H31N3O3/c31-25-15-14-24(26(32)29-25)30-17-20-16-21(12-13-22(20)27(30)33)28-23-9-5-4-8-19(23)11-10-18-6-2-1-3-7-18/h1-3,6-7,12-13,16,19,23-24,28H,4-5,8-11,14-15,17H2,(H,29,31,32)/t19-,23+,24?/m0/s1. The maximum Gasteiger partial charge on any atom is 0.255 e. The highest BCUT2D eigenvalue weighted by molar-refractivity contribution is 6.05. The normalized spacial score (nSPS) is 25.0. The lowest BCUT2D eigenvalue weighted by Gasteiger charge is -2.33. The molecule has 1 saturated heterocycles. The first-order chi connectivity index (χ1) is 16.1. The number of anilines is 1. The number of rotatable bonds is 6. The van der Waals surface area contributed by atoms with E-state index in [4.69, 9.17) is 0 Å². The van der Waals surface area contributed by atoms with Crippen LogP contribution in [0.5, 0.6) is 0 Å². The van der Waals surface area contributed by atoms with Gasteiger partial charge in [-0.1, -0.05) is 43.2 Å². The Morgan fingerprint density at radius 1 is 0.970 bits per heavy atom. The lowest BCUT2D eigenvalue weighted by atomic mass is 9.81. The van der Waals surface area contributed by atoms with Crippen LogP contribution in [0.1, 0.15) is 66.4 Å². The Kier molecular flexibility index (Phi) is 6.16. The van der Waals surface area contributed by atoms with Crippen molar-refractivity contribution in [2.24, 2.45) is 5.92 Å². The molecular weight excluding hydrogens is 414 g/mol. The zero-order valence-electron chi connectivity index (χ0n) is 18.9. The fourth-order valence-electron chi connectivity index (χ4n) is 5.62. The molecule has 0 spiro atoms. The number of carbonyl (C=O) groups is 3. The van der Waals surface area contributed by atoms with Gasteiger partial charge in [0.2, 0.25) is 11.8 Å². The van der Waals surface area contributed by atoms with Crippen molar-refractivity contribution in [2.45, 2.75) is 70.0 Å². The molecule has 3 atom stereocenters. The number of benzene rings is 2. The van der Waals surface area contributed by atoms with Crippen molar-refractivity contribution < 1.29 is 14.4 Å². The predicted octanol–water partition coefficient (Wildman–Crippen LogP) is 4.05. The molecule has 2 aliphatic heterocycles. The van der Waals surface area contributed by atoms with E-state index in [-0.39, 0.29) is 24.1 Å². The average molecular weight is 446 g/mol. The maximum absolute atomic E-state index is 12.9. The van der Waals surface area contributed by atoms with Gasteiger partial charge in [0.15, 0.2) is 0 Å². The number of nitrogens with one attached hydrogen (secondary N) is 2. The van der Waals surface area contributed by atoms with Crippen molar-refractivity contribution in [2.75, 3.05) is 5.32 Å². The number of hydrogen-bond acceptors (Lipinski definition) is 4. The van der Waals surface area contributed by atoms with Gasteiger partial charge in [-0.2, -0.15) is 0 Å². The van der Waals surface area contributed by atoms with Crippen LogP contribution in [0.4, 0.5) is 5.69 Å². The van der Waals surface area contributed by atoms with Crippen molar-refractivity contribution in [3.8, 4) is 0 Å². The van der Waals surface area contributed by atoms with Crippen LogP contribution in [0.3, 0.4) is 0 Å².